The first-order chi connectivity index (χ1) is 8.68. The molecule has 1 aromatic rings. The molecule has 5 heteroatoms. The molecule has 2 rings (SSSR count). The molecule has 1 aromatic carbocycles. The van der Waals surface area contributed by atoms with E-state index in [1.807, 2.05) is 6.07 Å². The van der Waals surface area contributed by atoms with Gasteiger partial charge in [0.25, 0.3) is 0 Å². The Morgan fingerprint density at radius 3 is 2.39 bits per heavy atom. The summed E-state index contributed by atoms with van der Waals surface area (Å²) in [6.45, 7) is 1.29. The summed E-state index contributed by atoms with van der Waals surface area (Å²) in [6, 6.07) is 8.57. The van der Waals surface area contributed by atoms with Gasteiger partial charge in [0, 0.05) is 0 Å². The van der Waals surface area contributed by atoms with Crippen LogP contribution < -0.4 is 0 Å². The van der Waals surface area contributed by atoms with Crippen LogP contribution in [-0.4, -0.2) is 33.7 Å². The van der Waals surface area contributed by atoms with Crippen molar-refractivity contribution in [3.63, 3.8) is 0 Å². The van der Waals surface area contributed by atoms with Gasteiger partial charge in [0.15, 0.2) is 16.1 Å². The van der Waals surface area contributed by atoms with Crippen LogP contribution in [0.3, 0.4) is 0 Å². The summed E-state index contributed by atoms with van der Waals surface area (Å²) in [6.07, 6.45) is 2.08. The van der Waals surface area contributed by atoms with E-state index in [1.54, 1.807) is 24.3 Å². The average molecular weight is 270 g/mol. The highest BCUT2D eigenvalue weighted by molar-refractivity contribution is 7.91. The molecular weight excluding hydrogens is 252 g/mol. The van der Waals surface area contributed by atoms with Gasteiger partial charge in [-0.3, -0.25) is 0 Å². The Hall–Kier alpha value is -0.910. The summed E-state index contributed by atoms with van der Waals surface area (Å²) >= 11 is 0. The van der Waals surface area contributed by atoms with E-state index in [1.165, 1.54) is 0 Å². The third kappa shape index (κ3) is 3.80. The summed E-state index contributed by atoms with van der Waals surface area (Å²) < 4.78 is 34.5. The lowest BCUT2D eigenvalue weighted by atomic mass is 10.2. The summed E-state index contributed by atoms with van der Waals surface area (Å²) in [5, 5.41) is 0. The Morgan fingerprint density at radius 2 is 1.72 bits per heavy atom. The number of benzene rings is 1. The van der Waals surface area contributed by atoms with Gasteiger partial charge in [-0.25, -0.2) is 8.42 Å². The molecule has 100 valence electrons. The molecule has 0 N–H and O–H groups in total. The summed E-state index contributed by atoms with van der Waals surface area (Å²) in [4.78, 5) is 0.401. The highest BCUT2D eigenvalue weighted by Gasteiger charge is 2.17. The second-order valence-corrected chi connectivity index (χ2v) is 6.41. The van der Waals surface area contributed by atoms with Gasteiger partial charge < -0.3 is 9.47 Å². The minimum atomic E-state index is -3.14. The topological polar surface area (TPSA) is 52.6 Å². The zero-order chi connectivity index (χ0) is 12.8. The predicted octanol–water partition coefficient (Wildman–Crippen LogP) is 2.00. The van der Waals surface area contributed by atoms with Crippen LogP contribution in [0.1, 0.15) is 19.3 Å². The van der Waals surface area contributed by atoms with Gasteiger partial charge in [0.05, 0.1) is 23.9 Å². The number of sulfone groups is 1. The fraction of sp³-hybridized carbons (Fsp3) is 0.538. The molecule has 0 aliphatic carbocycles. The highest BCUT2D eigenvalue weighted by Crippen LogP contribution is 2.15. The molecule has 1 heterocycles. The maximum absolute atomic E-state index is 12.0. The number of hydrogen-bond acceptors (Lipinski definition) is 4. The monoisotopic (exact) mass is 270 g/mol. The van der Waals surface area contributed by atoms with Crippen molar-refractivity contribution in [2.24, 2.45) is 0 Å². The Labute approximate surface area is 108 Å². The summed E-state index contributed by atoms with van der Waals surface area (Å²) in [5.74, 6) is 0.184. The molecule has 0 amide bonds. The van der Waals surface area contributed by atoms with Crippen molar-refractivity contribution in [3.8, 4) is 0 Å². The van der Waals surface area contributed by atoms with Crippen LogP contribution >= 0.6 is 0 Å². The van der Waals surface area contributed by atoms with Crippen LogP contribution in [0.2, 0.25) is 0 Å². The first kappa shape index (κ1) is 13.5. The van der Waals surface area contributed by atoms with Crippen molar-refractivity contribution < 1.29 is 17.9 Å². The van der Waals surface area contributed by atoms with Gasteiger partial charge in [0.2, 0.25) is 0 Å². The van der Waals surface area contributed by atoms with Crippen molar-refractivity contribution >= 4 is 9.84 Å². The number of ether oxygens (including phenoxy) is 2. The molecule has 0 atom stereocenters. The second kappa shape index (κ2) is 6.31. The summed E-state index contributed by atoms with van der Waals surface area (Å²) in [5.41, 5.74) is 0. The van der Waals surface area contributed by atoms with E-state index in [-0.39, 0.29) is 12.0 Å². The largest absolute Gasteiger partial charge is 0.350 e. The maximum atomic E-state index is 12.0. The van der Waals surface area contributed by atoms with Crippen molar-refractivity contribution in [2.75, 3.05) is 19.0 Å². The molecular formula is C13H18O4S. The molecule has 0 bridgehead atoms. The van der Waals surface area contributed by atoms with E-state index in [0.29, 0.717) is 24.5 Å². The molecule has 4 nitrogen and oxygen atoms in total. The van der Waals surface area contributed by atoms with E-state index < -0.39 is 9.84 Å². The van der Waals surface area contributed by atoms with Crippen LogP contribution in [-0.2, 0) is 19.3 Å². The van der Waals surface area contributed by atoms with Crippen molar-refractivity contribution in [2.45, 2.75) is 30.4 Å². The van der Waals surface area contributed by atoms with Crippen LogP contribution in [0.5, 0.6) is 0 Å². The van der Waals surface area contributed by atoms with Crippen LogP contribution in [0, 0.1) is 0 Å². The Kier molecular flexibility index (Phi) is 4.74. The fourth-order valence-corrected chi connectivity index (χ4v) is 3.31. The normalized spacial score (nSPS) is 17.1. The minimum Gasteiger partial charge on any atom is -0.350 e. The second-order valence-electron chi connectivity index (χ2n) is 4.30. The van der Waals surface area contributed by atoms with E-state index in [2.05, 4.69) is 0 Å². The third-order valence-corrected chi connectivity index (χ3v) is 4.71. The molecule has 1 aliphatic heterocycles. The van der Waals surface area contributed by atoms with Crippen molar-refractivity contribution in [1.29, 1.82) is 0 Å². The lowest BCUT2D eigenvalue weighted by molar-refractivity contribution is -0.0477. The molecule has 0 aromatic heterocycles. The molecule has 0 saturated carbocycles. The lowest BCUT2D eigenvalue weighted by Crippen LogP contribution is -2.10. The zero-order valence-corrected chi connectivity index (χ0v) is 11.1. The molecule has 18 heavy (non-hydrogen) atoms. The van der Waals surface area contributed by atoms with E-state index in [0.717, 1.165) is 12.8 Å². The Bertz CT molecular complexity index is 449. The van der Waals surface area contributed by atoms with Crippen LogP contribution in [0.4, 0.5) is 0 Å². The van der Waals surface area contributed by atoms with Gasteiger partial charge in [-0.2, -0.15) is 0 Å². The molecule has 0 unspecified atom stereocenters. The van der Waals surface area contributed by atoms with E-state index >= 15 is 0 Å². The molecule has 0 radical (unpaired) electrons. The standard InChI is InChI=1S/C13H18O4S/c14-18(15,12-6-2-1-3-7-12)11-5-4-8-13-16-9-10-17-13/h1-3,6-7,13H,4-5,8-11H2. The quantitative estimate of drug-likeness (QED) is 0.742. The van der Waals surface area contributed by atoms with Gasteiger partial charge >= 0.3 is 0 Å². The van der Waals surface area contributed by atoms with Gasteiger partial charge in [-0.1, -0.05) is 18.2 Å². The smallest absolute Gasteiger partial charge is 0.178 e. The number of hydrogen-bond donors (Lipinski definition) is 0. The van der Waals surface area contributed by atoms with Crippen molar-refractivity contribution in [3.05, 3.63) is 30.3 Å². The number of rotatable bonds is 6. The summed E-state index contributed by atoms with van der Waals surface area (Å²) in [7, 11) is -3.14. The predicted molar refractivity (Wildman–Crippen MR) is 68.0 cm³/mol. The van der Waals surface area contributed by atoms with E-state index in [4.69, 9.17) is 9.47 Å². The van der Waals surface area contributed by atoms with E-state index in [9.17, 15) is 8.42 Å². The maximum Gasteiger partial charge on any atom is 0.178 e. The first-order valence-corrected chi connectivity index (χ1v) is 7.85. The molecule has 0 spiro atoms. The van der Waals surface area contributed by atoms with Crippen molar-refractivity contribution in [1.82, 2.24) is 0 Å². The number of unbranched alkanes of at least 4 members (excludes halogenated alkanes) is 1. The third-order valence-electron chi connectivity index (χ3n) is 2.90. The Morgan fingerprint density at radius 1 is 1.06 bits per heavy atom. The van der Waals surface area contributed by atoms with Crippen LogP contribution in [0.15, 0.2) is 35.2 Å². The zero-order valence-electron chi connectivity index (χ0n) is 10.2. The van der Waals surface area contributed by atoms with Crippen LogP contribution in [0.25, 0.3) is 0 Å². The van der Waals surface area contributed by atoms with Gasteiger partial charge in [-0.05, 0) is 31.4 Å². The fourth-order valence-electron chi connectivity index (χ4n) is 1.92. The lowest BCUT2D eigenvalue weighted by Gasteiger charge is -2.08. The molecule has 1 fully saturated rings. The average Bonchev–Trinajstić information content (AvgIpc) is 2.89. The molecule has 1 aliphatic rings. The SMILES string of the molecule is O=S(=O)(CCCCC1OCCO1)c1ccccc1. The minimum absolute atomic E-state index is 0.135. The molecule has 1 saturated heterocycles. The highest BCUT2D eigenvalue weighted by atomic mass is 32.2. The van der Waals surface area contributed by atoms with Gasteiger partial charge in [0.1, 0.15) is 0 Å². The Balaban J connectivity index is 1.75. The first-order valence-electron chi connectivity index (χ1n) is 6.19. The van der Waals surface area contributed by atoms with Gasteiger partial charge in [-0.15, -0.1) is 0 Å².